The minimum absolute atomic E-state index is 0.0794. The fourth-order valence-corrected chi connectivity index (χ4v) is 3.08. The molecule has 2 aromatic carbocycles. The maximum absolute atomic E-state index is 9.49. The summed E-state index contributed by atoms with van der Waals surface area (Å²) in [6.07, 6.45) is 6.68. The molecule has 1 aliphatic carbocycles. The van der Waals surface area contributed by atoms with E-state index in [4.69, 9.17) is 4.74 Å². The third-order valence-corrected chi connectivity index (χ3v) is 4.20. The highest BCUT2D eigenvalue weighted by molar-refractivity contribution is 5.81. The van der Waals surface area contributed by atoms with Crippen LogP contribution in [0.25, 0.3) is 17.2 Å². The third kappa shape index (κ3) is 2.72. The zero-order valence-corrected chi connectivity index (χ0v) is 13.4. The van der Waals surface area contributed by atoms with Crippen molar-refractivity contribution in [3.63, 3.8) is 0 Å². The molecule has 1 aliphatic rings. The first kappa shape index (κ1) is 14.7. The molecule has 4 nitrogen and oxygen atoms in total. The second kappa shape index (κ2) is 5.98. The molecule has 4 rings (SSSR count). The fraction of sp³-hybridized carbons (Fsp3) is 0.150. The summed E-state index contributed by atoms with van der Waals surface area (Å²) in [5.74, 6) is 1.61. The van der Waals surface area contributed by atoms with Crippen LogP contribution in [0.4, 0.5) is 0 Å². The van der Waals surface area contributed by atoms with Gasteiger partial charge in [0.1, 0.15) is 11.5 Å². The van der Waals surface area contributed by atoms with E-state index in [9.17, 15) is 5.11 Å². The average Bonchev–Trinajstić information content (AvgIpc) is 3.21. The first-order valence-electron chi connectivity index (χ1n) is 7.92. The van der Waals surface area contributed by atoms with Crippen LogP contribution in [0.3, 0.4) is 0 Å². The SMILES string of the molecule is Cn1cc(-c2cc(Oc3ccccc3)cc3c2C=C(CO)C3)cn1. The lowest BCUT2D eigenvalue weighted by Crippen LogP contribution is -1.93. The van der Waals surface area contributed by atoms with Gasteiger partial charge in [0, 0.05) is 18.8 Å². The first-order valence-corrected chi connectivity index (χ1v) is 7.92. The van der Waals surface area contributed by atoms with E-state index in [1.54, 1.807) is 4.68 Å². The molecule has 120 valence electrons. The van der Waals surface area contributed by atoms with E-state index >= 15 is 0 Å². The number of nitrogens with zero attached hydrogens (tertiary/aromatic N) is 2. The maximum atomic E-state index is 9.49. The van der Waals surface area contributed by atoms with Gasteiger partial charge in [0.2, 0.25) is 0 Å². The van der Waals surface area contributed by atoms with E-state index in [0.29, 0.717) is 0 Å². The highest BCUT2D eigenvalue weighted by Gasteiger charge is 2.19. The molecule has 0 aliphatic heterocycles. The summed E-state index contributed by atoms with van der Waals surface area (Å²) >= 11 is 0. The molecule has 24 heavy (non-hydrogen) atoms. The Balaban J connectivity index is 1.79. The van der Waals surface area contributed by atoms with Crippen molar-refractivity contribution in [2.45, 2.75) is 6.42 Å². The molecule has 4 heteroatoms. The molecule has 0 radical (unpaired) electrons. The monoisotopic (exact) mass is 318 g/mol. The average molecular weight is 318 g/mol. The summed E-state index contributed by atoms with van der Waals surface area (Å²) in [7, 11) is 1.91. The number of aromatic nitrogens is 2. The smallest absolute Gasteiger partial charge is 0.128 e. The summed E-state index contributed by atoms with van der Waals surface area (Å²) in [5, 5.41) is 13.8. The summed E-state index contributed by atoms with van der Waals surface area (Å²) in [6.45, 7) is 0.0794. The summed E-state index contributed by atoms with van der Waals surface area (Å²) in [5.41, 5.74) is 5.46. The number of fused-ring (bicyclic) bond motifs is 1. The highest BCUT2D eigenvalue weighted by atomic mass is 16.5. The molecule has 1 aromatic heterocycles. The Bertz CT molecular complexity index is 911. The Labute approximate surface area is 140 Å². The van der Waals surface area contributed by atoms with Gasteiger partial charge in [-0.25, -0.2) is 0 Å². The van der Waals surface area contributed by atoms with Crippen LogP contribution >= 0.6 is 0 Å². The number of benzene rings is 2. The summed E-state index contributed by atoms with van der Waals surface area (Å²) < 4.78 is 7.82. The van der Waals surface area contributed by atoms with Gasteiger partial charge in [0.25, 0.3) is 0 Å². The molecule has 0 atom stereocenters. The molecule has 1 N–H and O–H groups in total. The van der Waals surface area contributed by atoms with Gasteiger partial charge >= 0.3 is 0 Å². The Hall–Kier alpha value is -2.85. The van der Waals surface area contributed by atoms with Gasteiger partial charge in [-0.2, -0.15) is 5.10 Å². The van der Waals surface area contributed by atoms with E-state index in [-0.39, 0.29) is 6.61 Å². The zero-order valence-electron chi connectivity index (χ0n) is 13.4. The first-order chi connectivity index (χ1) is 11.7. The lowest BCUT2D eigenvalue weighted by atomic mass is 9.98. The molecule has 0 bridgehead atoms. The lowest BCUT2D eigenvalue weighted by molar-refractivity contribution is 0.330. The van der Waals surface area contributed by atoms with Crippen molar-refractivity contribution in [3.05, 3.63) is 71.6 Å². The predicted octanol–water partition coefficient (Wildman–Crippen LogP) is 3.81. The topological polar surface area (TPSA) is 47.3 Å². The van der Waals surface area contributed by atoms with E-state index < -0.39 is 0 Å². The van der Waals surface area contributed by atoms with Crippen molar-refractivity contribution < 1.29 is 9.84 Å². The number of aryl methyl sites for hydroxylation is 1. The quantitative estimate of drug-likeness (QED) is 0.795. The van der Waals surface area contributed by atoms with Gasteiger partial charge in [-0.3, -0.25) is 4.68 Å². The Kier molecular flexibility index (Phi) is 3.67. The molecule has 0 spiro atoms. The van der Waals surface area contributed by atoms with Crippen LogP contribution < -0.4 is 4.74 Å². The van der Waals surface area contributed by atoms with Crippen LogP contribution in [0.2, 0.25) is 0 Å². The van der Waals surface area contributed by atoms with Crippen molar-refractivity contribution in [1.29, 1.82) is 0 Å². The van der Waals surface area contributed by atoms with Crippen molar-refractivity contribution >= 4 is 6.08 Å². The van der Waals surface area contributed by atoms with Gasteiger partial charge in [-0.05, 0) is 52.9 Å². The molecular weight excluding hydrogens is 300 g/mol. The second-order valence-corrected chi connectivity index (χ2v) is 6.00. The number of aliphatic hydroxyl groups excluding tert-OH is 1. The number of aliphatic hydroxyl groups is 1. The van der Waals surface area contributed by atoms with Gasteiger partial charge in [0.05, 0.1) is 12.8 Å². The zero-order chi connectivity index (χ0) is 16.5. The predicted molar refractivity (Wildman–Crippen MR) is 93.9 cm³/mol. The number of hydrogen-bond acceptors (Lipinski definition) is 3. The Morgan fingerprint density at radius 3 is 2.71 bits per heavy atom. The van der Waals surface area contributed by atoms with Crippen LogP contribution in [0.5, 0.6) is 11.5 Å². The van der Waals surface area contributed by atoms with Crippen LogP contribution in [-0.4, -0.2) is 21.5 Å². The van der Waals surface area contributed by atoms with Gasteiger partial charge in [0.15, 0.2) is 0 Å². The van der Waals surface area contributed by atoms with Gasteiger partial charge in [-0.15, -0.1) is 0 Å². The van der Waals surface area contributed by atoms with Gasteiger partial charge < -0.3 is 9.84 Å². The van der Waals surface area contributed by atoms with Crippen LogP contribution in [0.15, 0.2) is 60.4 Å². The second-order valence-electron chi connectivity index (χ2n) is 6.00. The lowest BCUT2D eigenvalue weighted by Gasteiger charge is -2.12. The number of ether oxygens (including phenoxy) is 1. The molecule has 0 saturated carbocycles. The van der Waals surface area contributed by atoms with E-state index in [2.05, 4.69) is 17.2 Å². The molecule has 0 saturated heterocycles. The number of hydrogen-bond donors (Lipinski definition) is 1. The Morgan fingerprint density at radius 1 is 1.17 bits per heavy atom. The Morgan fingerprint density at radius 2 is 2.00 bits per heavy atom. The normalized spacial score (nSPS) is 12.8. The van der Waals surface area contributed by atoms with Crippen molar-refractivity contribution in [2.24, 2.45) is 7.05 Å². The van der Waals surface area contributed by atoms with Crippen molar-refractivity contribution in [1.82, 2.24) is 9.78 Å². The fourth-order valence-electron chi connectivity index (χ4n) is 3.08. The van der Waals surface area contributed by atoms with Crippen LogP contribution in [0.1, 0.15) is 11.1 Å². The minimum atomic E-state index is 0.0794. The molecule has 0 amide bonds. The van der Waals surface area contributed by atoms with Crippen LogP contribution in [0, 0.1) is 0 Å². The van der Waals surface area contributed by atoms with Crippen molar-refractivity contribution in [2.75, 3.05) is 6.61 Å². The summed E-state index contributed by atoms with van der Waals surface area (Å²) in [6, 6.07) is 13.9. The van der Waals surface area contributed by atoms with Crippen molar-refractivity contribution in [3.8, 4) is 22.6 Å². The van der Waals surface area contributed by atoms with E-state index in [0.717, 1.165) is 40.2 Å². The van der Waals surface area contributed by atoms with E-state index in [1.807, 2.05) is 55.8 Å². The molecule has 3 aromatic rings. The molecule has 0 unspecified atom stereocenters. The molecule has 0 fully saturated rings. The standard InChI is InChI=1S/C20H18N2O2/c1-22-12-16(11-21-22)20-10-18(24-17-5-3-2-4-6-17)9-15-7-14(13-23)8-19(15)20/h2-6,8-12,23H,7,13H2,1H3. The third-order valence-electron chi connectivity index (χ3n) is 4.20. The molecule has 1 heterocycles. The summed E-state index contributed by atoms with van der Waals surface area (Å²) in [4.78, 5) is 0. The van der Waals surface area contributed by atoms with E-state index in [1.165, 1.54) is 5.56 Å². The molecular formula is C20H18N2O2. The largest absolute Gasteiger partial charge is 0.457 e. The minimum Gasteiger partial charge on any atom is -0.457 e. The van der Waals surface area contributed by atoms with Crippen LogP contribution in [-0.2, 0) is 13.5 Å². The van der Waals surface area contributed by atoms with Gasteiger partial charge in [-0.1, -0.05) is 24.3 Å². The number of rotatable bonds is 4. The number of para-hydroxylation sites is 1. The highest BCUT2D eigenvalue weighted by Crippen LogP contribution is 2.38. The maximum Gasteiger partial charge on any atom is 0.128 e.